The van der Waals surface area contributed by atoms with E-state index in [1.165, 1.54) is 6.07 Å². The smallest absolute Gasteiger partial charge is 0.267 e. The Morgan fingerprint density at radius 3 is 2.62 bits per heavy atom. The first-order valence-corrected chi connectivity index (χ1v) is 8.14. The first kappa shape index (κ1) is 17.4. The molecule has 1 amide bonds. The number of methoxy groups -OCH3 is 1. The molecule has 1 heterocycles. The summed E-state index contributed by atoms with van der Waals surface area (Å²) in [7, 11) is 1.56. The zero-order valence-electron chi connectivity index (χ0n) is 14.6. The van der Waals surface area contributed by atoms with Gasteiger partial charge in [0.2, 0.25) is 5.91 Å². The number of hydrogen-bond acceptors (Lipinski definition) is 4. The molecule has 26 heavy (non-hydrogen) atoms. The Balaban J connectivity index is 1.78. The molecule has 0 aliphatic carbocycles. The minimum Gasteiger partial charge on any atom is -0.497 e. The molecule has 0 aliphatic rings. The third kappa shape index (κ3) is 4.16. The fraction of sp³-hybridized carbons (Fsp3) is 0.150. The number of hydrogen-bond donors (Lipinski definition) is 1. The molecular weight excluding hydrogens is 330 g/mol. The number of rotatable bonds is 5. The molecule has 0 fully saturated rings. The molecule has 6 nitrogen and oxygen atoms in total. The van der Waals surface area contributed by atoms with Crippen LogP contribution in [-0.4, -0.2) is 22.8 Å². The number of nitrogens with zero attached hydrogens (tertiary/aromatic N) is 2. The van der Waals surface area contributed by atoms with Crippen molar-refractivity contribution in [2.45, 2.75) is 13.5 Å². The lowest BCUT2D eigenvalue weighted by Crippen LogP contribution is -2.29. The summed E-state index contributed by atoms with van der Waals surface area (Å²) >= 11 is 0. The van der Waals surface area contributed by atoms with Crippen molar-refractivity contribution in [3.05, 3.63) is 76.6 Å². The topological polar surface area (TPSA) is 73.2 Å². The Kier molecular flexibility index (Phi) is 5.12. The molecule has 0 spiro atoms. The van der Waals surface area contributed by atoms with Gasteiger partial charge in [0.1, 0.15) is 12.3 Å². The van der Waals surface area contributed by atoms with E-state index in [0.29, 0.717) is 17.1 Å². The first-order chi connectivity index (χ1) is 12.5. The van der Waals surface area contributed by atoms with Crippen LogP contribution in [0.3, 0.4) is 0 Å². The van der Waals surface area contributed by atoms with Gasteiger partial charge in [-0.3, -0.25) is 9.59 Å². The summed E-state index contributed by atoms with van der Waals surface area (Å²) in [6, 6.07) is 17.9. The van der Waals surface area contributed by atoms with Crippen molar-refractivity contribution in [1.29, 1.82) is 0 Å². The molecule has 132 valence electrons. The summed E-state index contributed by atoms with van der Waals surface area (Å²) in [5.41, 5.74) is 2.93. The molecule has 1 N–H and O–H groups in total. The molecule has 0 bridgehead atoms. The number of aromatic nitrogens is 2. The van der Waals surface area contributed by atoms with Gasteiger partial charge < -0.3 is 10.1 Å². The maximum absolute atomic E-state index is 12.3. The summed E-state index contributed by atoms with van der Waals surface area (Å²) in [4.78, 5) is 24.3. The summed E-state index contributed by atoms with van der Waals surface area (Å²) < 4.78 is 6.29. The first-order valence-electron chi connectivity index (χ1n) is 8.14. The highest BCUT2D eigenvalue weighted by atomic mass is 16.5. The van der Waals surface area contributed by atoms with Crippen molar-refractivity contribution < 1.29 is 9.53 Å². The number of nitrogens with one attached hydrogen (secondary N) is 1. The lowest BCUT2D eigenvalue weighted by molar-refractivity contribution is -0.117. The van der Waals surface area contributed by atoms with Crippen LogP contribution in [0.1, 0.15) is 5.56 Å². The van der Waals surface area contributed by atoms with Crippen molar-refractivity contribution in [1.82, 2.24) is 9.78 Å². The molecule has 0 radical (unpaired) electrons. The van der Waals surface area contributed by atoms with E-state index in [9.17, 15) is 9.59 Å². The van der Waals surface area contributed by atoms with E-state index in [-0.39, 0.29) is 18.0 Å². The zero-order valence-corrected chi connectivity index (χ0v) is 14.6. The van der Waals surface area contributed by atoms with Crippen LogP contribution >= 0.6 is 0 Å². The van der Waals surface area contributed by atoms with Gasteiger partial charge >= 0.3 is 0 Å². The Labute approximate surface area is 151 Å². The van der Waals surface area contributed by atoms with E-state index < -0.39 is 0 Å². The highest BCUT2D eigenvalue weighted by Gasteiger charge is 2.09. The lowest BCUT2D eigenvalue weighted by Gasteiger charge is -2.09. The van der Waals surface area contributed by atoms with Crippen LogP contribution in [0.2, 0.25) is 0 Å². The third-order valence-electron chi connectivity index (χ3n) is 3.86. The van der Waals surface area contributed by atoms with Crippen molar-refractivity contribution >= 4 is 11.6 Å². The number of carbonyl (C=O) groups is 1. The van der Waals surface area contributed by atoms with E-state index in [1.54, 1.807) is 37.4 Å². The van der Waals surface area contributed by atoms with Gasteiger partial charge in [-0.15, -0.1) is 0 Å². The predicted molar refractivity (Wildman–Crippen MR) is 100 cm³/mol. The summed E-state index contributed by atoms with van der Waals surface area (Å²) in [6.45, 7) is 1.83. The van der Waals surface area contributed by atoms with Crippen molar-refractivity contribution in [2.24, 2.45) is 0 Å². The molecule has 6 heteroatoms. The van der Waals surface area contributed by atoms with Gasteiger partial charge in [0.25, 0.3) is 5.56 Å². The monoisotopic (exact) mass is 349 g/mol. The van der Waals surface area contributed by atoms with Crippen LogP contribution in [0.25, 0.3) is 11.3 Å². The molecule has 0 atom stereocenters. The minimum atomic E-state index is -0.339. The van der Waals surface area contributed by atoms with Gasteiger partial charge in [-0.1, -0.05) is 35.9 Å². The summed E-state index contributed by atoms with van der Waals surface area (Å²) in [6.07, 6.45) is 0. The molecule has 0 saturated heterocycles. The number of carbonyl (C=O) groups excluding carboxylic acids is 1. The SMILES string of the molecule is COc1cccc(NC(=O)Cn2nc(-c3ccc(C)cc3)ccc2=O)c1. The van der Waals surface area contributed by atoms with E-state index >= 15 is 0 Å². The second-order valence-corrected chi connectivity index (χ2v) is 5.86. The fourth-order valence-corrected chi connectivity index (χ4v) is 2.48. The second kappa shape index (κ2) is 7.65. The molecule has 1 aromatic heterocycles. The number of benzene rings is 2. The van der Waals surface area contributed by atoms with E-state index in [2.05, 4.69) is 10.4 Å². The van der Waals surface area contributed by atoms with Crippen LogP contribution in [0.4, 0.5) is 5.69 Å². The van der Waals surface area contributed by atoms with Crippen molar-refractivity contribution in [2.75, 3.05) is 12.4 Å². The van der Waals surface area contributed by atoms with Crippen LogP contribution in [-0.2, 0) is 11.3 Å². The summed E-state index contributed by atoms with van der Waals surface area (Å²) in [5, 5.41) is 7.05. The standard InChI is InChI=1S/C20H19N3O3/c1-14-6-8-15(9-7-14)18-10-11-20(25)23(22-18)13-19(24)21-16-4-3-5-17(12-16)26-2/h3-12H,13H2,1-2H3,(H,21,24). The average molecular weight is 349 g/mol. The Morgan fingerprint density at radius 2 is 1.88 bits per heavy atom. The molecule has 2 aromatic carbocycles. The van der Waals surface area contributed by atoms with E-state index in [1.807, 2.05) is 31.2 Å². The normalized spacial score (nSPS) is 10.4. The van der Waals surface area contributed by atoms with Gasteiger partial charge in [0.15, 0.2) is 0 Å². The van der Waals surface area contributed by atoms with Crippen LogP contribution in [0, 0.1) is 6.92 Å². The Hall–Kier alpha value is -3.41. The van der Waals surface area contributed by atoms with Gasteiger partial charge in [-0.05, 0) is 25.1 Å². The maximum atomic E-state index is 12.3. The van der Waals surface area contributed by atoms with Crippen molar-refractivity contribution in [3.8, 4) is 17.0 Å². The number of ether oxygens (including phenoxy) is 1. The molecule has 0 aliphatic heterocycles. The van der Waals surface area contributed by atoms with Crippen LogP contribution in [0.15, 0.2) is 65.5 Å². The Bertz CT molecular complexity index is 978. The van der Waals surface area contributed by atoms with Gasteiger partial charge in [-0.25, -0.2) is 4.68 Å². The Morgan fingerprint density at radius 1 is 1.12 bits per heavy atom. The highest BCUT2D eigenvalue weighted by Crippen LogP contribution is 2.17. The quantitative estimate of drug-likeness (QED) is 0.769. The fourth-order valence-electron chi connectivity index (χ4n) is 2.48. The molecule has 3 rings (SSSR count). The molecule has 0 saturated carbocycles. The zero-order chi connectivity index (χ0) is 18.5. The van der Waals surface area contributed by atoms with Crippen LogP contribution < -0.4 is 15.6 Å². The van der Waals surface area contributed by atoms with Gasteiger partial charge in [-0.2, -0.15) is 5.10 Å². The lowest BCUT2D eigenvalue weighted by atomic mass is 10.1. The molecule has 0 unspecified atom stereocenters. The highest BCUT2D eigenvalue weighted by molar-refractivity contribution is 5.90. The van der Waals surface area contributed by atoms with Crippen molar-refractivity contribution in [3.63, 3.8) is 0 Å². The van der Waals surface area contributed by atoms with E-state index in [0.717, 1.165) is 15.8 Å². The third-order valence-corrected chi connectivity index (χ3v) is 3.86. The maximum Gasteiger partial charge on any atom is 0.267 e. The number of anilines is 1. The number of aryl methyl sites for hydroxylation is 1. The predicted octanol–water partition coefficient (Wildman–Crippen LogP) is 2.87. The van der Waals surface area contributed by atoms with Crippen LogP contribution in [0.5, 0.6) is 5.75 Å². The molecule has 3 aromatic rings. The minimum absolute atomic E-state index is 0.171. The molecular formula is C20H19N3O3. The van der Waals surface area contributed by atoms with Gasteiger partial charge in [0.05, 0.1) is 12.8 Å². The largest absolute Gasteiger partial charge is 0.497 e. The van der Waals surface area contributed by atoms with Gasteiger partial charge in [0, 0.05) is 23.4 Å². The van der Waals surface area contributed by atoms with E-state index in [4.69, 9.17) is 4.74 Å². The number of amides is 1. The average Bonchev–Trinajstić information content (AvgIpc) is 2.64. The summed E-state index contributed by atoms with van der Waals surface area (Å²) in [5.74, 6) is 0.299. The second-order valence-electron chi connectivity index (χ2n) is 5.86.